The fourth-order valence-corrected chi connectivity index (χ4v) is 2.16. The minimum absolute atomic E-state index is 0.348. The van der Waals surface area contributed by atoms with E-state index in [1.807, 2.05) is 30.3 Å². The maximum Gasteiger partial charge on any atom is 0.0802 e. The van der Waals surface area contributed by atoms with Gasteiger partial charge >= 0.3 is 0 Å². The van der Waals surface area contributed by atoms with Crippen molar-refractivity contribution in [2.45, 2.75) is 46.3 Å². The molecule has 0 aliphatic heterocycles. The fourth-order valence-electron chi connectivity index (χ4n) is 2.16. The summed E-state index contributed by atoms with van der Waals surface area (Å²) in [6.07, 6.45) is 0.453. The zero-order valence-corrected chi connectivity index (χ0v) is 12.1. The van der Waals surface area contributed by atoms with Crippen LogP contribution in [-0.2, 0) is 0 Å². The molecule has 1 aromatic carbocycles. The van der Waals surface area contributed by atoms with Gasteiger partial charge in [0.25, 0.3) is 0 Å². The molecule has 1 aromatic rings. The highest BCUT2D eigenvalue weighted by Crippen LogP contribution is 2.17. The van der Waals surface area contributed by atoms with E-state index in [2.05, 4.69) is 32.6 Å². The van der Waals surface area contributed by atoms with E-state index in [4.69, 9.17) is 0 Å². The third-order valence-electron chi connectivity index (χ3n) is 3.20. The Bertz CT molecular complexity index is 321. The summed E-state index contributed by atoms with van der Waals surface area (Å²) in [5.74, 6) is 0.668. The Morgan fingerprint density at radius 2 is 1.67 bits per heavy atom. The van der Waals surface area contributed by atoms with Crippen LogP contribution in [0.25, 0.3) is 0 Å². The SMILES string of the molecule is CC(C)CN(CCC(O)c1ccccc1)C(C)C. The molecule has 0 aliphatic rings. The van der Waals surface area contributed by atoms with E-state index in [9.17, 15) is 5.11 Å². The molecule has 0 spiro atoms. The second-order valence-corrected chi connectivity index (χ2v) is 5.70. The number of benzene rings is 1. The van der Waals surface area contributed by atoms with E-state index in [-0.39, 0.29) is 6.10 Å². The van der Waals surface area contributed by atoms with Crippen molar-refractivity contribution in [3.63, 3.8) is 0 Å². The molecule has 1 N–H and O–H groups in total. The quantitative estimate of drug-likeness (QED) is 0.799. The molecule has 102 valence electrons. The van der Waals surface area contributed by atoms with E-state index in [1.54, 1.807) is 0 Å². The van der Waals surface area contributed by atoms with Gasteiger partial charge in [-0.15, -0.1) is 0 Å². The van der Waals surface area contributed by atoms with Crippen LogP contribution in [0.5, 0.6) is 0 Å². The number of aliphatic hydroxyl groups excluding tert-OH is 1. The van der Waals surface area contributed by atoms with Crippen molar-refractivity contribution < 1.29 is 5.11 Å². The number of rotatable bonds is 7. The van der Waals surface area contributed by atoms with Crippen LogP contribution in [0.4, 0.5) is 0 Å². The lowest BCUT2D eigenvalue weighted by Gasteiger charge is -2.29. The minimum Gasteiger partial charge on any atom is -0.388 e. The summed E-state index contributed by atoms with van der Waals surface area (Å²) in [6, 6.07) is 10.5. The predicted molar refractivity (Wildman–Crippen MR) is 77.6 cm³/mol. The Balaban J connectivity index is 2.47. The van der Waals surface area contributed by atoms with Crippen LogP contribution >= 0.6 is 0 Å². The summed E-state index contributed by atoms with van der Waals surface area (Å²) in [5.41, 5.74) is 1.02. The monoisotopic (exact) mass is 249 g/mol. The Morgan fingerprint density at radius 1 is 1.06 bits per heavy atom. The molecule has 0 heterocycles. The molecule has 1 atom stereocenters. The van der Waals surface area contributed by atoms with Crippen molar-refractivity contribution in [3.05, 3.63) is 35.9 Å². The van der Waals surface area contributed by atoms with E-state index in [0.717, 1.165) is 25.1 Å². The van der Waals surface area contributed by atoms with Gasteiger partial charge in [-0.3, -0.25) is 0 Å². The van der Waals surface area contributed by atoms with Gasteiger partial charge in [0.1, 0.15) is 0 Å². The maximum atomic E-state index is 10.2. The smallest absolute Gasteiger partial charge is 0.0802 e. The number of hydrogen-bond donors (Lipinski definition) is 1. The van der Waals surface area contributed by atoms with Crippen molar-refractivity contribution in [3.8, 4) is 0 Å². The summed E-state index contributed by atoms with van der Waals surface area (Å²) in [4.78, 5) is 2.44. The van der Waals surface area contributed by atoms with Crippen LogP contribution in [-0.4, -0.2) is 29.1 Å². The van der Waals surface area contributed by atoms with Gasteiger partial charge in [0, 0.05) is 19.1 Å². The highest BCUT2D eigenvalue weighted by molar-refractivity contribution is 5.17. The molecule has 18 heavy (non-hydrogen) atoms. The van der Waals surface area contributed by atoms with Crippen LogP contribution < -0.4 is 0 Å². The Hall–Kier alpha value is -0.860. The first-order valence-corrected chi connectivity index (χ1v) is 6.97. The summed E-state index contributed by atoms with van der Waals surface area (Å²) >= 11 is 0. The fraction of sp³-hybridized carbons (Fsp3) is 0.625. The third kappa shape index (κ3) is 5.19. The van der Waals surface area contributed by atoms with E-state index >= 15 is 0 Å². The molecule has 2 heteroatoms. The molecule has 0 saturated carbocycles. The van der Waals surface area contributed by atoms with Gasteiger partial charge in [-0.05, 0) is 31.7 Å². The van der Waals surface area contributed by atoms with Gasteiger partial charge in [-0.2, -0.15) is 0 Å². The lowest BCUT2D eigenvalue weighted by atomic mass is 10.1. The van der Waals surface area contributed by atoms with Crippen molar-refractivity contribution in [1.29, 1.82) is 0 Å². The highest BCUT2D eigenvalue weighted by atomic mass is 16.3. The molecule has 0 aromatic heterocycles. The second-order valence-electron chi connectivity index (χ2n) is 5.70. The zero-order chi connectivity index (χ0) is 13.5. The third-order valence-corrected chi connectivity index (χ3v) is 3.20. The molecule has 0 bridgehead atoms. The average Bonchev–Trinajstić information content (AvgIpc) is 2.34. The minimum atomic E-state index is -0.348. The van der Waals surface area contributed by atoms with Gasteiger partial charge in [-0.25, -0.2) is 0 Å². The van der Waals surface area contributed by atoms with Gasteiger partial charge < -0.3 is 10.0 Å². The number of hydrogen-bond acceptors (Lipinski definition) is 2. The van der Waals surface area contributed by atoms with Crippen LogP contribution in [0.15, 0.2) is 30.3 Å². The first kappa shape index (κ1) is 15.2. The highest BCUT2D eigenvalue weighted by Gasteiger charge is 2.14. The second kappa shape index (κ2) is 7.55. The average molecular weight is 249 g/mol. The van der Waals surface area contributed by atoms with E-state index < -0.39 is 0 Å². The molecule has 0 fully saturated rings. The van der Waals surface area contributed by atoms with Crippen LogP contribution in [0.3, 0.4) is 0 Å². The topological polar surface area (TPSA) is 23.5 Å². The normalized spacial score (nSPS) is 13.6. The summed E-state index contributed by atoms with van der Waals surface area (Å²) < 4.78 is 0. The molecule has 0 amide bonds. The maximum absolute atomic E-state index is 10.2. The van der Waals surface area contributed by atoms with E-state index in [0.29, 0.717) is 12.0 Å². The lowest BCUT2D eigenvalue weighted by molar-refractivity contribution is 0.123. The van der Waals surface area contributed by atoms with E-state index in [1.165, 1.54) is 0 Å². The van der Waals surface area contributed by atoms with Crippen LogP contribution in [0.1, 0.15) is 45.8 Å². The van der Waals surface area contributed by atoms with Crippen molar-refractivity contribution >= 4 is 0 Å². The van der Waals surface area contributed by atoms with Crippen molar-refractivity contribution in [1.82, 2.24) is 4.90 Å². The molecule has 1 unspecified atom stereocenters. The van der Waals surface area contributed by atoms with Gasteiger partial charge in [-0.1, -0.05) is 44.2 Å². The molecule has 1 rings (SSSR count). The summed E-state index contributed by atoms with van der Waals surface area (Å²) in [7, 11) is 0. The first-order valence-electron chi connectivity index (χ1n) is 6.97. The molecule has 0 aliphatic carbocycles. The van der Waals surface area contributed by atoms with Gasteiger partial charge in [0.05, 0.1) is 6.10 Å². The largest absolute Gasteiger partial charge is 0.388 e. The lowest BCUT2D eigenvalue weighted by Crippen LogP contribution is -2.35. The standard InChI is InChI=1S/C16H27NO/c1-13(2)12-17(14(3)4)11-10-16(18)15-8-6-5-7-9-15/h5-9,13-14,16,18H,10-12H2,1-4H3. The molecular formula is C16H27NO. The molecule has 2 nitrogen and oxygen atoms in total. The van der Waals surface area contributed by atoms with Crippen molar-refractivity contribution in [2.24, 2.45) is 5.92 Å². The Labute approximate surface area is 112 Å². The number of nitrogens with zero attached hydrogens (tertiary/aromatic N) is 1. The molecule has 0 radical (unpaired) electrons. The van der Waals surface area contributed by atoms with Gasteiger partial charge in [0.15, 0.2) is 0 Å². The van der Waals surface area contributed by atoms with Gasteiger partial charge in [0.2, 0.25) is 0 Å². The Morgan fingerprint density at radius 3 is 2.17 bits per heavy atom. The number of aliphatic hydroxyl groups is 1. The van der Waals surface area contributed by atoms with Crippen LogP contribution in [0.2, 0.25) is 0 Å². The molecular weight excluding hydrogens is 222 g/mol. The Kier molecular flexibility index (Phi) is 6.37. The van der Waals surface area contributed by atoms with Crippen LogP contribution in [0, 0.1) is 5.92 Å². The first-order chi connectivity index (χ1) is 8.50. The molecule has 0 saturated heterocycles. The zero-order valence-electron chi connectivity index (χ0n) is 12.1. The summed E-state index contributed by atoms with van der Waals surface area (Å²) in [5, 5.41) is 10.2. The summed E-state index contributed by atoms with van der Waals surface area (Å²) in [6.45, 7) is 11.0. The van der Waals surface area contributed by atoms with Crippen molar-refractivity contribution in [2.75, 3.05) is 13.1 Å². The predicted octanol–water partition coefficient (Wildman–Crippen LogP) is 3.48.